The van der Waals surface area contributed by atoms with Crippen molar-refractivity contribution in [1.82, 2.24) is 9.97 Å². The Morgan fingerprint density at radius 1 is 1.14 bits per heavy atom. The van der Waals surface area contributed by atoms with E-state index in [1.165, 1.54) is 12.1 Å². The van der Waals surface area contributed by atoms with Gasteiger partial charge in [0.2, 0.25) is 5.88 Å². The molecule has 140 valence electrons. The van der Waals surface area contributed by atoms with Gasteiger partial charge >= 0.3 is 0 Å². The number of hydrogen-bond acceptors (Lipinski definition) is 3. The first-order chi connectivity index (χ1) is 13.7. The summed E-state index contributed by atoms with van der Waals surface area (Å²) in [5.41, 5.74) is 4.68. The van der Waals surface area contributed by atoms with E-state index >= 15 is 0 Å². The molecule has 0 amide bonds. The first kappa shape index (κ1) is 19.2. The van der Waals surface area contributed by atoms with Crippen LogP contribution in [0.2, 0.25) is 0 Å². The summed E-state index contributed by atoms with van der Waals surface area (Å²) >= 11 is 0. The van der Waals surface area contributed by atoms with Gasteiger partial charge in [-0.1, -0.05) is 43.0 Å². The number of allylic oxidation sites excluding steroid dienone is 5. The summed E-state index contributed by atoms with van der Waals surface area (Å²) in [5.74, 6) is 0.224. The van der Waals surface area contributed by atoms with Crippen LogP contribution in [0.25, 0.3) is 16.7 Å². The van der Waals surface area contributed by atoms with E-state index in [9.17, 15) is 4.39 Å². The SMILES string of the molecule is C=C/C=C(\C=C/C)c1cnc(OCc2ccncc2)cc1-c1ccc(F)cc1. The molecule has 28 heavy (non-hydrogen) atoms. The van der Waals surface area contributed by atoms with Crippen LogP contribution < -0.4 is 4.74 Å². The van der Waals surface area contributed by atoms with Crippen molar-refractivity contribution >= 4 is 5.57 Å². The molecular weight excluding hydrogens is 351 g/mol. The smallest absolute Gasteiger partial charge is 0.214 e. The van der Waals surface area contributed by atoms with E-state index in [0.29, 0.717) is 12.5 Å². The second-order valence-corrected chi connectivity index (χ2v) is 6.08. The summed E-state index contributed by atoms with van der Waals surface area (Å²) < 4.78 is 19.3. The molecule has 0 radical (unpaired) electrons. The van der Waals surface area contributed by atoms with Crippen molar-refractivity contribution in [3.8, 4) is 17.0 Å². The van der Waals surface area contributed by atoms with Crippen LogP contribution in [0.15, 0.2) is 91.9 Å². The zero-order valence-electron chi connectivity index (χ0n) is 15.7. The van der Waals surface area contributed by atoms with Gasteiger partial charge in [-0.15, -0.1) is 0 Å². The molecule has 0 atom stereocenters. The zero-order chi connectivity index (χ0) is 19.8. The number of pyridine rings is 2. The van der Waals surface area contributed by atoms with E-state index in [1.54, 1.807) is 36.8 Å². The highest BCUT2D eigenvalue weighted by atomic mass is 19.1. The van der Waals surface area contributed by atoms with Gasteiger partial charge in [-0.2, -0.15) is 0 Å². The van der Waals surface area contributed by atoms with Crippen LogP contribution >= 0.6 is 0 Å². The summed E-state index contributed by atoms with van der Waals surface area (Å²) in [6.07, 6.45) is 12.8. The van der Waals surface area contributed by atoms with Crippen molar-refractivity contribution in [2.45, 2.75) is 13.5 Å². The normalized spacial score (nSPS) is 11.6. The van der Waals surface area contributed by atoms with Gasteiger partial charge in [0, 0.05) is 30.2 Å². The van der Waals surface area contributed by atoms with Crippen LogP contribution in [0.4, 0.5) is 4.39 Å². The Hall–Kier alpha value is -3.53. The van der Waals surface area contributed by atoms with Crippen LogP contribution in [-0.4, -0.2) is 9.97 Å². The maximum absolute atomic E-state index is 13.4. The lowest BCUT2D eigenvalue weighted by Crippen LogP contribution is -1.99. The molecule has 0 aliphatic carbocycles. The van der Waals surface area contributed by atoms with Crippen LogP contribution in [0.5, 0.6) is 5.88 Å². The Labute approximate surface area is 164 Å². The highest BCUT2D eigenvalue weighted by molar-refractivity contribution is 5.86. The Balaban J connectivity index is 2.01. The first-order valence-corrected chi connectivity index (χ1v) is 8.94. The van der Waals surface area contributed by atoms with Crippen molar-refractivity contribution in [1.29, 1.82) is 0 Å². The molecule has 2 heterocycles. The van der Waals surface area contributed by atoms with E-state index in [4.69, 9.17) is 4.74 Å². The number of benzene rings is 1. The third-order valence-corrected chi connectivity index (χ3v) is 4.12. The average molecular weight is 372 g/mol. The molecule has 4 heteroatoms. The minimum absolute atomic E-state index is 0.274. The maximum atomic E-state index is 13.4. The lowest BCUT2D eigenvalue weighted by molar-refractivity contribution is 0.294. The fourth-order valence-corrected chi connectivity index (χ4v) is 2.79. The molecule has 0 saturated heterocycles. The zero-order valence-corrected chi connectivity index (χ0v) is 15.7. The molecule has 0 bridgehead atoms. The van der Waals surface area contributed by atoms with Crippen molar-refractivity contribution in [3.63, 3.8) is 0 Å². The van der Waals surface area contributed by atoms with Crippen molar-refractivity contribution < 1.29 is 9.13 Å². The number of ether oxygens (including phenoxy) is 1. The topological polar surface area (TPSA) is 35.0 Å². The average Bonchev–Trinajstić information content (AvgIpc) is 2.73. The quantitative estimate of drug-likeness (QED) is 0.477. The van der Waals surface area contributed by atoms with Gasteiger partial charge in [0.15, 0.2) is 0 Å². The molecular formula is C24H21FN2O. The molecule has 3 rings (SSSR count). The summed E-state index contributed by atoms with van der Waals surface area (Å²) in [6, 6.07) is 12.1. The van der Waals surface area contributed by atoms with Crippen LogP contribution in [0.1, 0.15) is 18.1 Å². The van der Waals surface area contributed by atoms with E-state index < -0.39 is 0 Å². The largest absolute Gasteiger partial charge is 0.473 e. The minimum atomic E-state index is -0.274. The Morgan fingerprint density at radius 3 is 2.57 bits per heavy atom. The highest BCUT2D eigenvalue weighted by Crippen LogP contribution is 2.32. The van der Waals surface area contributed by atoms with Crippen LogP contribution in [-0.2, 0) is 6.61 Å². The predicted octanol–water partition coefficient (Wildman–Crippen LogP) is 6.01. The third-order valence-electron chi connectivity index (χ3n) is 4.12. The maximum Gasteiger partial charge on any atom is 0.214 e. The van der Waals surface area contributed by atoms with Gasteiger partial charge < -0.3 is 4.74 Å². The van der Waals surface area contributed by atoms with Crippen LogP contribution in [0, 0.1) is 5.82 Å². The molecule has 0 N–H and O–H groups in total. The van der Waals surface area contributed by atoms with E-state index in [-0.39, 0.29) is 5.82 Å². The van der Waals surface area contributed by atoms with Crippen molar-refractivity contribution in [2.24, 2.45) is 0 Å². The Kier molecular flexibility index (Phi) is 6.47. The number of nitrogens with zero attached hydrogens (tertiary/aromatic N) is 2. The number of rotatable bonds is 7. The summed E-state index contributed by atoms with van der Waals surface area (Å²) in [4.78, 5) is 8.47. The molecule has 0 unspecified atom stereocenters. The fraction of sp³-hybridized carbons (Fsp3) is 0.0833. The van der Waals surface area contributed by atoms with Crippen molar-refractivity contribution in [2.75, 3.05) is 0 Å². The van der Waals surface area contributed by atoms with Gasteiger partial charge in [-0.3, -0.25) is 4.98 Å². The van der Waals surface area contributed by atoms with Gasteiger partial charge in [0.1, 0.15) is 12.4 Å². The second kappa shape index (κ2) is 9.42. The van der Waals surface area contributed by atoms with E-state index in [0.717, 1.165) is 27.8 Å². The summed E-state index contributed by atoms with van der Waals surface area (Å²) in [5, 5.41) is 0. The fourth-order valence-electron chi connectivity index (χ4n) is 2.79. The molecule has 0 spiro atoms. The lowest BCUT2D eigenvalue weighted by Gasteiger charge is -2.13. The van der Waals surface area contributed by atoms with Gasteiger partial charge in [-0.05, 0) is 53.5 Å². The molecule has 0 aliphatic heterocycles. The third kappa shape index (κ3) is 4.80. The van der Waals surface area contributed by atoms with E-state index in [2.05, 4.69) is 16.5 Å². The Morgan fingerprint density at radius 2 is 1.89 bits per heavy atom. The summed E-state index contributed by atoms with van der Waals surface area (Å²) in [7, 11) is 0. The highest BCUT2D eigenvalue weighted by Gasteiger charge is 2.11. The van der Waals surface area contributed by atoms with Crippen molar-refractivity contribution in [3.05, 3.63) is 109 Å². The molecule has 1 aromatic carbocycles. The van der Waals surface area contributed by atoms with Crippen LogP contribution in [0.3, 0.4) is 0 Å². The van der Waals surface area contributed by atoms with Gasteiger partial charge in [-0.25, -0.2) is 9.37 Å². The minimum Gasteiger partial charge on any atom is -0.473 e. The number of hydrogen-bond donors (Lipinski definition) is 0. The molecule has 0 aliphatic rings. The lowest BCUT2D eigenvalue weighted by atomic mass is 9.95. The van der Waals surface area contributed by atoms with E-state index in [1.807, 2.05) is 43.4 Å². The number of aromatic nitrogens is 2. The van der Waals surface area contributed by atoms with Gasteiger partial charge in [0.25, 0.3) is 0 Å². The molecule has 0 saturated carbocycles. The second-order valence-electron chi connectivity index (χ2n) is 6.08. The summed E-state index contributed by atoms with van der Waals surface area (Å²) in [6.45, 7) is 6.14. The Bertz CT molecular complexity index is 993. The predicted molar refractivity (Wildman–Crippen MR) is 111 cm³/mol. The standard InChI is InChI=1S/C24H21FN2O/c1-3-5-19(6-4-2)23-16-27-24(28-17-18-11-13-26-14-12-18)15-22(23)20-7-9-21(25)10-8-20/h3-16H,1,17H2,2H3/b6-4-,19-5+. The molecule has 3 aromatic rings. The molecule has 3 nitrogen and oxygen atoms in total. The molecule has 2 aromatic heterocycles. The monoisotopic (exact) mass is 372 g/mol. The molecule has 0 fully saturated rings. The first-order valence-electron chi connectivity index (χ1n) is 8.94. The number of halogens is 1. The van der Waals surface area contributed by atoms with Gasteiger partial charge in [0.05, 0.1) is 0 Å².